The predicted molar refractivity (Wildman–Crippen MR) is 70.3 cm³/mol. The van der Waals surface area contributed by atoms with Crippen molar-refractivity contribution in [3.63, 3.8) is 0 Å². The average molecular weight is 234 g/mol. The van der Waals surface area contributed by atoms with Crippen LogP contribution in [0.2, 0.25) is 0 Å². The van der Waals surface area contributed by atoms with Crippen LogP contribution in [0, 0.1) is 12.8 Å². The number of rotatable bonds is 3. The van der Waals surface area contributed by atoms with Crippen molar-refractivity contribution in [3.05, 3.63) is 18.1 Å². The van der Waals surface area contributed by atoms with Crippen LogP contribution in [0.1, 0.15) is 18.5 Å². The van der Waals surface area contributed by atoms with Crippen molar-refractivity contribution in [1.82, 2.24) is 14.9 Å². The average Bonchev–Trinajstić information content (AvgIpc) is 2.32. The predicted octanol–water partition coefficient (Wildman–Crippen LogP) is 1.56. The van der Waals surface area contributed by atoms with Crippen molar-refractivity contribution in [3.8, 4) is 0 Å². The van der Waals surface area contributed by atoms with E-state index < -0.39 is 0 Å². The lowest BCUT2D eigenvalue weighted by Crippen LogP contribution is -2.36. The number of hydrogen-bond acceptors (Lipinski definition) is 4. The topological polar surface area (TPSA) is 32.3 Å². The molecule has 0 radical (unpaired) electrons. The van der Waals surface area contributed by atoms with Gasteiger partial charge in [0, 0.05) is 19.8 Å². The highest BCUT2D eigenvalue weighted by Gasteiger charge is 2.18. The molecule has 94 valence electrons. The summed E-state index contributed by atoms with van der Waals surface area (Å²) in [5.41, 5.74) is 0.984. The second-order valence-corrected chi connectivity index (χ2v) is 5.15. The maximum absolute atomic E-state index is 4.51. The summed E-state index contributed by atoms with van der Waals surface area (Å²) in [4.78, 5) is 13.3. The number of likely N-dealkylation sites (tertiary alicyclic amines) is 1. The third kappa shape index (κ3) is 3.40. The molecule has 2 heterocycles. The van der Waals surface area contributed by atoms with Crippen LogP contribution in [0.3, 0.4) is 0 Å². The van der Waals surface area contributed by atoms with E-state index in [9.17, 15) is 0 Å². The van der Waals surface area contributed by atoms with Gasteiger partial charge in [0.25, 0.3) is 0 Å². The smallest absolute Gasteiger partial charge is 0.147 e. The van der Waals surface area contributed by atoms with E-state index in [-0.39, 0.29) is 0 Å². The van der Waals surface area contributed by atoms with E-state index in [2.05, 4.69) is 33.9 Å². The highest BCUT2D eigenvalue weighted by Crippen LogP contribution is 2.19. The molecule has 0 amide bonds. The molecule has 0 aliphatic carbocycles. The highest BCUT2D eigenvalue weighted by atomic mass is 15.2. The molecule has 1 aliphatic heterocycles. The van der Waals surface area contributed by atoms with Gasteiger partial charge in [0.05, 0.1) is 11.9 Å². The lowest BCUT2D eigenvalue weighted by Gasteiger charge is -2.32. The van der Waals surface area contributed by atoms with E-state index in [0.717, 1.165) is 24.0 Å². The summed E-state index contributed by atoms with van der Waals surface area (Å²) >= 11 is 0. The van der Waals surface area contributed by atoms with Gasteiger partial charge in [-0.05, 0) is 45.8 Å². The molecule has 0 N–H and O–H groups in total. The second-order valence-electron chi connectivity index (χ2n) is 5.15. The number of hydrogen-bond donors (Lipinski definition) is 0. The number of piperidine rings is 1. The van der Waals surface area contributed by atoms with Gasteiger partial charge in [-0.3, -0.25) is 4.98 Å². The molecule has 1 aromatic rings. The fourth-order valence-electron chi connectivity index (χ4n) is 2.36. The van der Waals surface area contributed by atoms with Crippen LogP contribution < -0.4 is 4.90 Å². The van der Waals surface area contributed by atoms with Crippen LogP contribution in [0.15, 0.2) is 12.4 Å². The summed E-state index contributed by atoms with van der Waals surface area (Å²) in [6.45, 7) is 5.52. The number of anilines is 1. The van der Waals surface area contributed by atoms with Gasteiger partial charge in [0.1, 0.15) is 5.82 Å². The SMILES string of the molecule is Cc1cncc(N(C)CC2CCN(C)CC2)n1. The molecule has 1 saturated heterocycles. The van der Waals surface area contributed by atoms with E-state index in [1.54, 1.807) is 6.20 Å². The third-order valence-electron chi connectivity index (χ3n) is 3.50. The molecule has 4 nitrogen and oxygen atoms in total. The van der Waals surface area contributed by atoms with Gasteiger partial charge in [-0.15, -0.1) is 0 Å². The van der Waals surface area contributed by atoms with E-state index in [0.29, 0.717) is 0 Å². The van der Waals surface area contributed by atoms with Gasteiger partial charge in [0.15, 0.2) is 0 Å². The summed E-state index contributed by atoms with van der Waals surface area (Å²) in [7, 11) is 4.31. The first-order chi connectivity index (χ1) is 8.15. The number of aromatic nitrogens is 2. The molecule has 0 unspecified atom stereocenters. The number of nitrogens with zero attached hydrogens (tertiary/aromatic N) is 4. The zero-order valence-electron chi connectivity index (χ0n) is 11.1. The Morgan fingerprint density at radius 2 is 2.06 bits per heavy atom. The molecule has 0 aromatic carbocycles. The van der Waals surface area contributed by atoms with Gasteiger partial charge in [-0.25, -0.2) is 4.98 Å². The molecule has 1 fully saturated rings. The van der Waals surface area contributed by atoms with E-state index >= 15 is 0 Å². The fraction of sp³-hybridized carbons (Fsp3) is 0.692. The Hall–Kier alpha value is -1.16. The Balaban J connectivity index is 1.90. The summed E-state index contributed by atoms with van der Waals surface area (Å²) in [5.74, 6) is 1.78. The zero-order chi connectivity index (χ0) is 12.3. The highest BCUT2D eigenvalue weighted by molar-refractivity contribution is 5.34. The standard InChI is InChI=1S/C13H22N4/c1-11-8-14-9-13(15-11)17(3)10-12-4-6-16(2)7-5-12/h8-9,12H,4-7,10H2,1-3H3. The molecule has 0 bridgehead atoms. The Labute approximate surface area is 104 Å². The Morgan fingerprint density at radius 1 is 1.35 bits per heavy atom. The fourth-order valence-corrected chi connectivity index (χ4v) is 2.36. The Bertz CT molecular complexity index is 358. The van der Waals surface area contributed by atoms with Crippen molar-refractivity contribution in [2.24, 2.45) is 5.92 Å². The normalized spacial score (nSPS) is 18.3. The van der Waals surface area contributed by atoms with Crippen LogP contribution in [0.25, 0.3) is 0 Å². The minimum absolute atomic E-state index is 0.790. The molecule has 4 heteroatoms. The van der Waals surface area contributed by atoms with Gasteiger partial charge in [-0.1, -0.05) is 0 Å². The van der Waals surface area contributed by atoms with Gasteiger partial charge < -0.3 is 9.80 Å². The van der Waals surface area contributed by atoms with Crippen molar-refractivity contribution in [2.45, 2.75) is 19.8 Å². The molecular weight excluding hydrogens is 212 g/mol. The van der Waals surface area contributed by atoms with E-state index in [1.807, 2.05) is 13.1 Å². The van der Waals surface area contributed by atoms with Gasteiger partial charge in [-0.2, -0.15) is 0 Å². The van der Waals surface area contributed by atoms with Crippen LogP contribution >= 0.6 is 0 Å². The van der Waals surface area contributed by atoms with E-state index in [1.165, 1.54) is 25.9 Å². The quantitative estimate of drug-likeness (QED) is 0.794. The Morgan fingerprint density at radius 3 is 2.71 bits per heavy atom. The summed E-state index contributed by atoms with van der Waals surface area (Å²) < 4.78 is 0. The molecule has 1 aliphatic rings. The van der Waals surface area contributed by atoms with Crippen molar-refractivity contribution < 1.29 is 0 Å². The molecule has 0 spiro atoms. The first-order valence-electron chi connectivity index (χ1n) is 6.33. The Kier molecular flexibility index (Phi) is 3.94. The van der Waals surface area contributed by atoms with Crippen molar-refractivity contribution in [2.75, 3.05) is 38.6 Å². The largest absolute Gasteiger partial charge is 0.358 e. The van der Waals surface area contributed by atoms with Gasteiger partial charge in [0.2, 0.25) is 0 Å². The maximum Gasteiger partial charge on any atom is 0.147 e. The van der Waals surface area contributed by atoms with E-state index in [4.69, 9.17) is 0 Å². The lowest BCUT2D eigenvalue weighted by atomic mass is 9.97. The van der Waals surface area contributed by atoms with Crippen molar-refractivity contribution >= 4 is 5.82 Å². The molecule has 2 rings (SSSR count). The number of aryl methyl sites for hydroxylation is 1. The minimum atomic E-state index is 0.790. The molecule has 0 saturated carbocycles. The van der Waals surface area contributed by atoms with Crippen LogP contribution in [-0.2, 0) is 0 Å². The molecule has 0 atom stereocenters. The molecule has 17 heavy (non-hydrogen) atoms. The van der Waals surface area contributed by atoms with Gasteiger partial charge >= 0.3 is 0 Å². The molecule has 1 aromatic heterocycles. The maximum atomic E-state index is 4.51. The second kappa shape index (κ2) is 5.45. The summed E-state index contributed by atoms with van der Waals surface area (Å²) in [6, 6.07) is 0. The molecular formula is C13H22N4. The summed E-state index contributed by atoms with van der Waals surface area (Å²) in [6.07, 6.45) is 6.23. The van der Waals surface area contributed by atoms with Crippen LogP contribution in [0.5, 0.6) is 0 Å². The monoisotopic (exact) mass is 234 g/mol. The first-order valence-corrected chi connectivity index (χ1v) is 6.33. The van der Waals surface area contributed by atoms with Crippen molar-refractivity contribution in [1.29, 1.82) is 0 Å². The lowest BCUT2D eigenvalue weighted by molar-refractivity contribution is 0.222. The minimum Gasteiger partial charge on any atom is -0.358 e. The van der Waals surface area contributed by atoms with Crippen LogP contribution in [-0.4, -0.2) is 48.6 Å². The van der Waals surface area contributed by atoms with Crippen LogP contribution in [0.4, 0.5) is 5.82 Å². The first kappa shape index (κ1) is 12.3. The summed E-state index contributed by atoms with van der Waals surface area (Å²) in [5, 5.41) is 0. The zero-order valence-corrected chi connectivity index (χ0v) is 11.1. The third-order valence-corrected chi connectivity index (χ3v) is 3.50.